The molecule has 0 fully saturated rings. The van der Waals surface area contributed by atoms with Gasteiger partial charge in [0.1, 0.15) is 5.69 Å². The van der Waals surface area contributed by atoms with Crippen molar-refractivity contribution in [3.05, 3.63) is 63.2 Å². The number of nitrogens with one attached hydrogen (secondary N) is 1. The number of nitrogens with zero attached hydrogens (tertiary/aromatic N) is 2. The second-order valence-corrected chi connectivity index (χ2v) is 6.20. The van der Waals surface area contributed by atoms with Gasteiger partial charge in [0.15, 0.2) is 6.61 Å². The van der Waals surface area contributed by atoms with E-state index in [-0.39, 0.29) is 16.4 Å². The van der Waals surface area contributed by atoms with Gasteiger partial charge in [-0.25, -0.2) is 4.79 Å². The molecule has 0 aromatic heterocycles. The Kier molecular flexibility index (Phi) is 7.34. The number of amides is 1. The molecule has 0 atom stereocenters. The van der Waals surface area contributed by atoms with Crippen molar-refractivity contribution >= 4 is 40.5 Å². The van der Waals surface area contributed by atoms with Crippen molar-refractivity contribution in [3.8, 4) is 0 Å². The van der Waals surface area contributed by atoms with Gasteiger partial charge in [-0.15, -0.1) is 0 Å². The van der Waals surface area contributed by atoms with E-state index in [1.165, 1.54) is 12.1 Å². The highest BCUT2D eigenvalue weighted by Gasteiger charge is 2.17. The molecular weight excluding hydrogens is 386 g/mol. The summed E-state index contributed by atoms with van der Waals surface area (Å²) < 4.78 is 4.98. The molecule has 8 nitrogen and oxygen atoms in total. The molecule has 0 unspecified atom stereocenters. The maximum absolute atomic E-state index is 12.1. The summed E-state index contributed by atoms with van der Waals surface area (Å²) in [5, 5.41) is 13.5. The Morgan fingerprint density at radius 1 is 1.14 bits per heavy atom. The van der Waals surface area contributed by atoms with Crippen LogP contribution in [0.15, 0.2) is 42.5 Å². The first-order valence-corrected chi connectivity index (χ1v) is 8.99. The van der Waals surface area contributed by atoms with Crippen molar-refractivity contribution < 1.29 is 19.2 Å². The summed E-state index contributed by atoms with van der Waals surface area (Å²) in [6, 6.07) is 10.7. The number of nitro benzene ring substituents is 1. The topological polar surface area (TPSA) is 102 Å². The molecular formula is C19H20ClN3O5. The number of carbonyl (C=O) groups is 2. The summed E-state index contributed by atoms with van der Waals surface area (Å²) in [5.41, 5.74) is 0.911. The van der Waals surface area contributed by atoms with E-state index in [0.29, 0.717) is 5.56 Å². The monoisotopic (exact) mass is 405 g/mol. The molecule has 9 heteroatoms. The van der Waals surface area contributed by atoms with Gasteiger partial charge in [-0.3, -0.25) is 14.9 Å². The minimum atomic E-state index is -0.696. The van der Waals surface area contributed by atoms with Crippen LogP contribution in [0.5, 0.6) is 0 Å². The third-order valence-electron chi connectivity index (χ3n) is 4.00. The predicted octanol–water partition coefficient (Wildman–Crippen LogP) is 3.89. The van der Waals surface area contributed by atoms with Gasteiger partial charge < -0.3 is 15.0 Å². The largest absolute Gasteiger partial charge is 0.452 e. The number of carbonyl (C=O) groups excluding carboxylic acids is 2. The number of nitro groups is 1. The Labute approximate surface area is 167 Å². The number of rotatable bonds is 8. The highest BCUT2D eigenvalue weighted by atomic mass is 35.5. The molecule has 0 radical (unpaired) electrons. The van der Waals surface area contributed by atoms with Crippen LogP contribution in [0.3, 0.4) is 0 Å². The van der Waals surface area contributed by atoms with Crippen LogP contribution in [0.2, 0.25) is 5.02 Å². The van der Waals surface area contributed by atoms with E-state index < -0.39 is 23.4 Å². The molecule has 2 rings (SSSR count). The molecule has 28 heavy (non-hydrogen) atoms. The van der Waals surface area contributed by atoms with E-state index in [0.717, 1.165) is 24.8 Å². The lowest BCUT2D eigenvalue weighted by Crippen LogP contribution is -2.22. The minimum absolute atomic E-state index is 0.0287. The first-order valence-electron chi connectivity index (χ1n) is 8.61. The molecule has 0 spiro atoms. The fraction of sp³-hybridized carbons (Fsp3) is 0.263. The lowest BCUT2D eigenvalue weighted by molar-refractivity contribution is -0.383. The molecule has 0 heterocycles. The van der Waals surface area contributed by atoms with Crippen LogP contribution in [0.4, 0.5) is 17.1 Å². The van der Waals surface area contributed by atoms with Crippen molar-refractivity contribution in [2.24, 2.45) is 0 Å². The van der Waals surface area contributed by atoms with Crippen LogP contribution >= 0.6 is 11.6 Å². The molecule has 2 aromatic rings. The zero-order valence-electron chi connectivity index (χ0n) is 15.5. The Morgan fingerprint density at radius 3 is 2.36 bits per heavy atom. The van der Waals surface area contributed by atoms with Gasteiger partial charge >= 0.3 is 5.97 Å². The fourth-order valence-electron chi connectivity index (χ4n) is 2.56. The van der Waals surface area contributed by atoms with Crippen LogP contribution in [-0.2, 0) is 9.53 Å². The molecule has 0 bridgehead atoms. The van der Waals surface area contributed by atoms with E-state index in [9.17, 15) is 19.7 Å². The molecule has 1 N–H and O–H groups in total. The molecule has 2 aromatic carbocycles. The van der Waals surface area contributed by atoms with Crippen LogP contribution in [-0.4, -0.2) is 36.5 Å². The Bertz CT molecular complexity index is 866. The molecule has 0 saturated heterocycles. The zero-order chi connectivity index (χ0) is 20.7. The molecule has 0 aliphatic rings. The van der Waals surface area contributed by atoms with Crippen molar-refractivity contribution in [2.75, 3.05) is 29.9 Å². The molecule has 0 aliphatic carbocycles. The Morgan fingerprint density at radius 2 is 1.79 bits per heavy atom. The summed E-state index contributed by atoms with van der Waals surface area (Å²) in [6.07, 6.45) is 0. The summed E-state index contributed by atoms with van der Waals surface area (Å²) in [6.45, 7) is 5.19. The van der Waals surface area contributed by atoms with E-state index in [2.05, 4.69) is 10.2 Å². The number of ether oxygens (including phenoxy) is 1. The lowest BCUT2D eigenvalue weighted by Gasteiger charge is -2.20. The SMILES string of the molecule is CCN(CC)c1ccc(C(=O)OCC(=O)Nc2ccc(Cl)cc2[N+](=O)[O-])cc1. The highest BCUT2D eigenvalue weighted by Crippen LogP contribution is 2.27. The number of esters is 1. The van der Waals surface area contributed by atoms with Crippen LogP contribution in [0.1, 0.15) is 24.2 Å². The zero-order valence-corrected chi connectivity index (χ0v) is 16.2. The third kappa shape index (κ3) is 5.43. The van der Waals surface area contributed by atoms with Crippen molar-refractivity contribution in [1.29, 1.82) is 0 Å². The van der Waals surface area contributed by atoms with Gasteiger partial charge in [0.05, 0.1) is 10.5 Å². The van der Waals surface area contributed by atoms with Gasteiger partial charge in [-0.2, -0.15) is 0 Å². The number of halogens is 1. The number of hydrogen-bond acceptors (Lipinski definition) is 6. The van der Waals surface area contributed by atoms with Gasteiger partial charge in [-0.05, 0) is 50.2 Å². The standard InChI is InChI=1S/C19H20ClN3O5/c1-3-22(4-2)15-8-5-13(6-9-15)19(25)28-12-18(24)21-16-10-7-14(20)11-17(16)23(26)27/h5-11H,3-4,12H2,1-2H3,(H,21,24). The predicted molar refractivity (Wildman–Crippen MR) is 107 cm³/mol. The number of anilines is 2. The molecule has 0 aliphatic heterocycles. The van der Waals surface area contributed by atoms with Crippen LogP contribution in [0, 0.1) is 10.1 Å². The smallest absolute Gasteiger partial charge is 0.338 e. The third-order valence-corrected chi connectivity index (χ3v) is 4.23. The van der Waals surface area contributed by atoms with E-state index in [1.807, 2.05) is 13.8 Å². The summed E-state index contributed by atoms with van der Waals surface area (Å²) in [5.74, 6) is -1.36. The Balaban J connectivity index is 1.96. The second kappa shape index (κ2) is 9.70. The maximum atomic E-state index is 12.1. The Hall–Kier alpha value is -3.13. The van der Waals surface area contributed by atoms with E-state index in [4.69, 9.17) is 16.3 Å². The average Bonchev–Trinajstić information content (AvgIpc) is 2.69. The molecule has 148 valence electrons. The number of hydrogen-bond donors (Lipinski definition) is 1. The minimum Gasteiger partial charge on any atom is -0.452 e. The fourth-order valence-corrected chi connectivity index (χ4v) is 2.73. The summed E-state index contributed by atoms with van der Waals surface area (Å²) in [4.78, 5) is 36.6. The average molecular weight is 406 g/mol. The summed E-state index contributed by atoms with van der Waals surface area (Å²) in [7, 11) is 0. The number of benzene rings is 2. The summed E-state index contributed by atoms with van der Waals surface area (Å²) >= 11 is 5.73. The second-order valence-electron chi connectivity index (χ2n) is 5.76. The van der Waals surface area contributed by atoms with Gasteiger partial charge in [0.2, 0.25) is 0 Å². The van der Waals surface area contributed by atoms with Gasteiger partial charge in [0, 0.05) is 29.9 Å². The van der Waals surface area contributed by atoms with E-state index in [1.54, 1.807) is 24.3 Å². The quantitative estimate of drug-likeness (QED) is 0.406. The molecule has 1 amide bonds. The van der Waals surface area contributed by atoms with Crippen molar-refractivity contribution in [2.45, 2.75) is 13.8 Å². The highest BCUT2D eigenvalue weighted by molar-refractivity contribution is 6.31. The van der Waals surface area contributed by atoms with Crippen LogP contribution in [0.25, 0.3) is 0 Å². The first-order chi connectivity index (χ1) is 13.3. The van der Waals surface area contributed by atoms with Crippen LogP contribution < -0.4 is 10.2 Å². The van der Waals surface area contributed by atoms with Crippen molar-refractivity contribution in [3.63, 3.8) is 0 Å². The normalized spacial score (nSPS) is 10.2. The van der Waals surface area contributed by atoms with Gasteiger partial charge in [0.25, 0.3) is 11.6 Å². The van der Waals surface area contributed by atoms with Crippen molar-refractivity contribution in [1.82, 2.24) is 0 Å². The lowest BCUT2D eigenvalue weighted by atomic mass is 10.2. The maximum Gasteiger partial charge on any atom is 0.338 e. The van der Waals surface area contributed by atoms with Gasteiger partial charge in [-0.1, -0.05) is 11.6 Å². The first kappa shape index (κ1) is 21.2. The van der Waals surface area contributed by atoms with E-state index >= 15 is 0 Å². The molecule has 0 saturated carbocycles.